The van der Waals surface area contributed by atoms with Crippen LogP contribution < -0.4 is 0 Å². The van der Waals surface area contributed by atoms with Crippen LogP contribution in [0, 0.1) is 10.1 Å². The highest BCUT2D eigenvalue weighted by atomic mass is 16.6. The van der Waals surface area contributed by atoms with Crippen molar-refractivity contribution in [2.24, 2.45) is 4.99 Å². The van der Waals surface area contributed by atoms with Crippen LogP contribution in [-0.4, -0.2) is 35.8 Å². The predicted molar refractivity (Wildman–Crippen MR) is 85.7 cm³/mol. The first kappa shape index (κ1) is 15.9. The van der Waals surface area contributed by atoms with Gasteiger partial charge in [-0.25, -0.2) is 4.79 Å². The van der Waals surface area contributed by atoms with Gasteiger partial charge in [-0.3, -0.25) is 15.1 Å². The summed E-state index contributed by atoms with van der Waals surface area (Å²) < 4.78 is 10.4. The number of rotatable bonds is 6. The fourth-order valence-electron chi connectivity index (χ4n) is 2.89. The van der Waals surface area contributed by atoms with E-state index in [1.54, 1.807) is 18.3 Å². The van der Waals surface area contributed by atoms with Crippen LogP contribution in [-0.2, 0) is 9.53 Å². The van der Waals surface area contributed by atoms with E-state index in [9.17, 15) is 14.9 Å². The second kappa shape index (κ2) is 6.66. The molecule has 1 aliphatic rings. The van der Waals surface area contributed by atoms with Gasteiger partial charge in [0.05, 0.1) is 12.9 Å². The zero-order valence-corrected chi connectivity index (χ0v) is 12.8. The predicted octanol–water partition coefficient (Wildman–Crippen LogP) is 2.44. The van der Waals surface area contributed by atoms with Crippen molar-refractivity contribution in [2.45, 2.75) is 17.9 Å². The molecule has 0 unspecified atom stereocenters. The summed E-state index contributed by atoms with van der Waals surface area (Å²) in [6.07, 6.45) is 3.26. The summed E-state index contributed by atoms with van der Waals surface area (Å²) in [5.74, 6) is -1.02. The Bertz CT molecular complexity index is 742. The van der Waals surface area contributed by atoms with Crippen molar-refractivity contribution in [1.29, 1.82) is 0 Å². The van der Waals surface area contributed by atoms with E-state index in [0.717, 1.165) is 5.56 Å². The van der Waals surface area contributed by atoms with Crippen molar-refractivity contribution < 1.29 is 18.9 Å². The Morgan fingerprint density at radius 1 is 1.29 bits per heavy atom. The Hall–Kier alpha value is -2.96. The van der Waals surface area contributed by atoms with Gasteiger partial charge in [0.25, 0.3) is 0 Å². The van der Waals surface area contributed by atoms with E-state index in [-0.39, 0.29) is 13.0 Å². The number of carbonyl (C=O) groups excluding carboxylic acids is 1. The number of nitro groups is 1. The van der Waals surface area contributed by atoms with Crippen LogP contribution in [0.1, 0.15) is 23.7 Å². The second-order valence-electron chi connectivity index (χ2n) is 5.56. The van der Waals surface area contributed by atoms with E-state index < -0.39 is 28.9 Å². The van der Waals surface area contributed by atoms with Crippen molar-refractivity contribution in [2.75, 3.05) is 13.2 Å². The fourth-order valence-corrected chi connectivity index (χ4v) is 2.89. The molecule has 124 valence electrons. The van der Waals surface area contributed by atoms with Gasteiger partial charge in [0, 0.05) is 17.6 Å². The molecule has 2 atom stereocenters. The minimum Gasteiger partial charge on any atom is -0.469 e. The van der Waals surface area contributed by atoms with Crippen molar-refractivity contribution in [3.8, 4) is 0 Å². The quantitative estimate of drug-likeness (QED) is 0.351. The lowest BCUT2D eigenvalue weighted by molar-refractivity contribution is -0.485. The normalized spacial score (nSPS) is 21.8. The average molecular weight is 328 g/mol. The highest BCUT2D eigenvalue weighted by Gasteiger charge is 2.54. The molecule has 1 aromatic heterocycles. The minimum atomic E-state index is -1.35. The maximum absolute atomic E-state index is 12.4. The van der Waals surface area contributed by atoms with Gasteiger partial charge in [-0.05, 0) is 17.7 Å². The molecule has 0 saturated carbocycles. The average Bonchev–Trinajstić information content (AvgIpc) is 3.22. The highest BCUT2D eigenvalue weighted by Crippen LogP contribution is 2.39. The molecule has 0 spiro atoms. The van der Waals surface area contributed by atoms with Gasteiger partial charge < -0.3 is 9.15 Å². The van der Waals surface area contributed by atoms with Crippen LogP contribution in [0.4, 0.5) is 0 Å². The zero-order chi connectivity index (χ0) is 17.0. The number of benzene rings is 1. The third-order valence-electron chi connectivity index (χ3n) is 4.11. The summed E-state index contributed by atoms with van der Waals surface area (Å²) >= 11 is 0. The molecule has 2 aromatic rings. The number of nitrogens with zero attached hydrogens (tertiary/aromatic N) is 2. The molecule has 1 saturated heterocycles. The molecule has 1 fully saturated rings. The van der Waals surface area contributed by atoms with Gasteiger partial charge in [0.2, 0.25) is 6.54 Å². The lowest BCUT2D eigenvalue weighted by atomic mass is 9.81. The minimum absolute atomic E-state index is 0.180. The smallest absolute Gasteiger partial charge is 0.335 e. The van der Waals surface area contributed by atoms with Gasteiger partial charge in [-0.15, -0.1) is 0 Å². The summed E-state index contributed by atoms with van der Waals surface area (Å²) in [6.45, 7) is -0.283. The molecule has 3 rings (SSSR count). The topological polar surface area (TPSA) is 94.9 Å². The van der Waals surface area contributed by atoms with Gasteiger partial charge in [-0.1, -0.05) is 30.3 Å². The van der Waals surface area contributed by atoms with Crippen molar-refractivity contribution in [3.63, 3.8) is 0 Å². The molecule has 2 heterocycles. The zero-order valence-electron chi connectivity index (χ0n) is 12.8. The molecular formula is C17H16N2O5. The first-order chi connectivity index (χ1) is 11.6. The molecule has 1 aliphatic heterocycles. The third-order valence-corrected chi connectivity index (χ3v) is 4.11. The molecule has 0 bridgehead atoms. The number of hydrogen-bond donors (Lipinski definition) is 0. The summed E-state index contributed by atoms with van der Waals surface area (Å²) in [7, 11) is 0. The van der Waals surface area contributed by atoms with Crippen LogP contribution in [0.15, 0.2) is 58.1 Å². The number of esters is 1. The molecule has 7 nitrogen and oxygen atoms in total. The van der Waals surface area contributed by atoms with Crippen LogP contribution in [0.5, 0.6) is 0 Å². The number of furan rings is 1. The van der Waals surface area contributed by atoms with E-state index in [0.29, 0.717) is 5.76 Å². The van der Waals surface area contributed by atoms with Gasteiger partial charge in [-0.2, -0.15) is 0 Å². The Morgan fingerprint density at radius 2 is 2.08 bits per heavy atom. The summed E-state index contributed by atoms with van der Waals surface area (Å²) in [5, 5.41) is 11.1. The highest BCUT2D eigenvalue weighted by molar-refractivity contribution is 5.89. The Morgan fingerprint density at radius 3 is 2.67 bits per heavy atom. The fraction of sp³-hybridized carbons (Fsp3) is 0.294. The van der Waals surface area contributed by atoms with Crippen LogP contribution in [0.2, 0.25) is 0 Å². The lowest BCUT2D eigenvalue weighted by Gasteiger charge is -2.26. The first-order valence-corrected chi connectivity index (χ1v) is 7.54. The number of ether oxygens (including phenoxy) is 1. The molecule has 0 aliphatic carbocycles. The van der Waals surface area contributed by atoms with Gasteiger partial charge in [0.15, 0.2) is 5.54 Å². The summed E-state index contributed by atoms with van der Waals surface area (Å²) in [5.41, 5.74) is -0.545. The molecule has 0 N–H and O–H groups in total. The number of hydrogen-bond acceptors (Lipinski definition) is 6. The van der Waals surface area contributed by atoms with Crippen molar-refractivity contribution in [1.82, 2.24) is 0 Å². The molecule has 0 amide bonds. The Kier molecular flexibility index (Phi) is 4.41. The third kappa shape index (κ3) is 3.05. The van der Waals surface area contributed by atoms with Crippen molar-refractivity contribution >= 4 is 12.2 Å². The van der Waals surface area contributed by atoms with Crippen LogP contribution >= 0.6 is 0 Å². The standard InChI is InChI=1S/C17H16N2O5/c20-16-17(8-10-24-16,18-11-13-5-2-1-3-6-13)14(12-19(21)22)15-7-4-9-23-15/h1-7,9,11,14H,8,10,12H2/t14-,17+/m0/s1. The molecular weight excluding hydrogens is 312 g/mol. The maximum atomic E-state index is 12.4. The van der Waals surface area contributed by atoms with E-state index >= 15 is 0 Å². The lowest BCUT2D eigenvalue weighted by Crippen LogP contribution is -2.42. The Labute approximate surface area is 138 Å². The summed E-state index contributed by atoms with van der Waals surface area (Å²) in [6, 6.07) is 12.5. The van der Waals surface area contributed by atoms with Gasteiger partial charge in [0.1, 0.15) is 11.7 Å². The van der Waals surface area contributed by atoms with E-state index in [1.807, 2.05) is 30.3 Å². The van der Waals surface area contributed by atoms with Gasteiger partial charge >= 0.3 is 5.97 Å². The molecule has 24 heavy (non-hydrogen) atoms. The number of carbonyl (C=O) groups is 1. The van der Waals surface area contributed by atoms with Crippen LogP contribution in [0.3, 0.4) is 0 Å². The van der Waals surface area contributed by atoms with E-state index in [2.05, 4.69) is 4.99 Å². The van der Waals surface area contributed by atoms with Crippen molar-refractivity contribution in [3.05, 3.63) is 70.2 Å². The summed E-state index contributed by atoms with van der Waals surface area (Å²) in [4.78, 5) is 27.6. The number of cyclic esters (lactones) is 1. The van der Waals surface area contributed by atoms with E-state index in [1.165, 1.54) is 6.26 Å². The number of aliphatic imine (C=N–C) groups is 1. The first-order valence-electron chi connectivity index (χ1n) is 7.54. The maximum Gasteiger partial charge on any atom is 0.335 e. The Balaban J connectivity index is 2.02. The second-order valence-corrected chi connectivity index (χ2v) is 5.56. The van der Waals surface area contributed by atoms with E-state index in [4.69, 9.17) is 9.15 Å². The largest absolute Gasteiger partial charge is 0.469 e. The monoisotopic (exact) mass is 328 g/mol. The molecule has 7 heteroatoms. The molecule has 1 aromatic carbocycles. The van der Waals surface area contributed by atoms with Crippen LogP contribution in [0.25, 0.3) is 0 Å². The SMILES string of the molecule is O=C1OCC[C@@]1(N=Cc1ccccc1)[C@@H](C[N+](=O)[O-])c1ccco1. The molecule has 0 radical (unpaired) electrons.